The fraction of sp³-hybridized carbons (Fsp3) is 0.235. The number of rotatable bonds is 3. The van der Waals surface area contributed by atoms with Crippen LogP contribution in [0.5, 0.6) is 0 Å². The molecule has 1 saturated heterocycles. The van der Waals surface area contributed by atoms with E-state index in [4.69, 9.17) is 0 Å². The van der Waals surface area contributed by atoms with Crippen molar-refractivity contribution in [1.29, 1.82) is 0 Å². The third kappa shape index (κ3) is 2.51. The van der Waals surface area contributed by atoms with Crippen molar-refractivity contribution in [2.24, 2.45) is 0 Å². The Morgan fingerprint density at radius 3 is 2.78 bits per heavy atom. The third-order valence-corrected chi connectivity index (χ3v) is 4.30. The molecule has 0 saturated carbocycles. The molecule has 118 valence electrons. The van der Waals surface area contributed by atoms with Gasteiger partial charge < -0.3 is 10.3 Å². The minimum Gasteiger partial charge on any atom is -0.367 e. The van der Waals surface area contributed by atoms with E-state index < -0.39 is 0 Å². The van der Waals surface area contributed by atoms with Crippen LogP contribution in [-0.4, -0.2) is 22.3 Å². The third-order valence-electron chi connectivity index (χ3n) is 4.30. The van der Waals surface area contributed by atoms with Gasteiger partial charge in [-0.25, -0.2) is 9.18 Å². The lowest BCUT2D eigenvalue weighted by atomic mass is 10.2. The lowest BCUT2D eigenvalue weighted by Crippen LogP contribution is -2.30. The maximum atomic E-state index is 13.7. The monoisotopic (exact) mass is 312 g/mol. The topological polar surface area (TPSA) is 61.9 Å². The van der Waals surface area contributed by atoms with Crippen LogP contribution in [0.15, 0.2) is 53.3 Å². The van der Waals surface area contributed by atoms with E-state index in [1.807, 2.05) is 24.3 Å². The number of aromatic amines is 1. The highest BCUT2D eigenvalue weighted by Gasteiger charge is 2.28. The first-order valence-electron chi connectivity index (χ1n) is 7.66. The van der Waals surface area contributed by atoms with Crippen molar-refractivity contribution in [3.05, 3.63) is 64.8 Å². The van der Waals surface area contributed by atoms with Crippen LogP contribution in [0.3, 0.4) is 0 Å². The first kappa shape index (κ1) is 14.0. The second-order valence-corrected chi connectivity index (χ2v) is 5.79. The first-order chi connectivity index (χ1) is 11.2. The molecule has 3 aromatic rings. The molecule has 0 aliphatic carbocycles. The predicted molar refractivity (Wildman–Crippen MR) is 88.0 cm³/mol. The van der Waals surface area contributed by atoms with Gasteiger partial charge in [0.05, 0.1) is 28.9 Å². The fourth-order valence-electron chi connectivity index (χ4n) is 3.23. The number of anilines is 1. The normalized spacial score (nSPS) is 20.9. The number of imidazole rings is 1. The molecular weight excluding hydrogens is 295 g/mol. The molecule has 2 heterocycles. The molecular formula is C17H17FN4O. The molecule has 3 N–H and O–H groups in total. The lowest BCUT2D eigenvalue weighted by Gasteiger charge is -2.15. The van der Waals surface area contributed by atoms with Gasteiger partial charge in [0.2, 0.25) is 0 Å². The van der Waals surface area contributed by atoms with Crippen LogP contribution >= 0.6 is 0 Å². The molecule has 2 aromatic carbocycles. The van der Waals surface area contributed by atoms with Crippen molar-refractivity contribution in [3.63, 3.8) is 0 Å². The molecule has 4 rings (SSSR count). The van der Waals surface area contributed by atoms with Crippen molar-refractivity contribution in [3.8, 4) is 0 Å². The number of nitrogens with zero attached hydrogens (tertiary/aromatic N) is 1. The number of benzene rings is 2. The molecule has 5 nitrogen and oxygen atoms in total. The number of fused-ring (bicyclic) bond motifs is 1. The number of H-pyrrole nitrogens is 1. The van der Waals surface area contributed by atoms with Crippen LogP contribution < -0.4 is 16.3 Å². The average Bonchev–Trinajstić information content (AvgIpc) is 3.12. The number of nitrogens with one attached hydrogen (secondary N) is 3. The summed E-state index contributed by atoms with van der Waals surface area (Å²) in [6.07, 6.45) is 0.633. The summed E-state index contributed by atoms with van der Waals surface area (Å²) in [5, 5.41) is 6.47. The molecule has 0 bridgehead atoms. The number of halogens is 1. The maximum Gasteiger partial charge on any atom is 0.326 e. The van der Waals surface area contributed by atoms with Gasteiger partial charge in [0.1, 0.15) is 5.82 Å². The molecule has 1 fully saturated rings. The van der Waals surface area contributed by atoms with Gasteiger partial charge in [-0.05, 0) is 24.3 Å². The maximum absolute atomic E-state index is 13.7. The van der Waals surface area contributed by atoms with E-state index in [9.17, 15) is 9.18 Å². The van der Waals surface area contributed by atoms with Crippen molar-refractivity contribution < 1.29 is 4.39 Å². The van der Waals surface area contributed by atoms with E-state index >= 15 is 0 Å². The molecule has 23 heavy (non-hydrogen) atoms. The van der Waals surface area contributed by atoms with Gasteiger partial charge >= 0.3 is 5.69 Å². The highest BCUT2D eigenvalue weighted by Crippen LogP contribution is 2.24. The number of hydrogen-bond acceptors (Lipinski definition) is 3. The van der Waals surface area contributed by atoms with Gasteiger partial charge in [0.25, 0.3) is 0 Å². The Morgan fingerprint density at radius 1 is 1.13 bits per heavy atom. The summed E-state index contributed by atoms with van der Waals surface area (Å²) in [6.45, 7) is 0.661. The van der Waals surface area contributed by atoms with Crippen LogP contribution in [0.4, 0.5) is 10.1 Å². The van der Waals surface area contributed by atoms with Crippen LogP contribution in [0, 0.1) is 5.82 Å². The Balaban J connectivity index is 1.57. The zero-order valence-electron chi connectivity index (χ0n) is 12.4. The molecule has 1 aliphatic rings. The van der Waals surface area contributed by atoms with E-state index in [1.54, 1.807) is 22.8 Å². The summed E-state index contributed by atoms with van der Waals surface area (Å²) in [5.74, 6) is -0.276. The highest BCUT2D eigenvalue weighted by molar-refractivity contribution is 5.75. The quantitative estimate of drug-likeness (QED) is 0.696. The van der Waals surface area contributed by atoms with Crippen LogP contribution in [0.2, 0.25) is 0 Å². The van der Waals surface area contributed by atoms with Crippen molar-refractivity contribution >= 4 is 16.7 Å². The standard InChI is InChI=1S/C17H17FN4O/c18-12-5-1-2-6-13(12)20-16-9-11(10-19-16)22-15-8-4-3-7-14(15)21-17(22)23/h1-8,11,16,19-20H,9-10H2,(H,21,23). The number of hydrogen-bond donors (Lipinski definition) is 3. The van der Waals surface area contributed by atoms with Crippen LogP contribution in [0.1, 0.15) is 12.5 Å². The molecule has 0 spiro atoms. The Labute approximate surface area is 132 Å². The van der Waals surface area contributed by atoms with E-state index in [2.05, 4.69) is 15.6 Å². The highest BCUT2D eigenvalue weighted by atomic mass is 19.1. The zero-order valence-corrected chi connectivity index (χ0v) is 12.4. The fourth-order valence-corrected chi connectivity index (χ4v) is 3.23. The summed E-state index contributed by atoms with van der Waals surface area (Å²) in [7, 11) is 0. The minimum absolute atomic E-state index is 0.0305. The minimum atomic E-state index is -0.276. The van der Waals surface area contributed by atoms with Gasteiger partial charge in [0.15, 0.2) is 0 Å². The summed E-state index contributed by atoms with van der Waals surface area (Å²) < 4.78 is 15.5. The van der Waals surface area contributed by atoms with Crippen LogP contribution in [0.25, 0.3) is 11.0 Å². The van der Waals surface area contributed by atoms with Crippen molar-refractivity contribution in [2.75, 3.05) is 11.9 Å². The van der Waals surface area contributed by atoms with Gasteiger partial charge in [0, 0.05) is 13.0 Å². The Kier molecular flexibility index (Phi) is 3.38. The molecule has 0 amide bonds. The number of aromatic nitrogens is 2. The Hall–Kier alpha value is -2.60. The number of para-hydroxylation sites is 3. The zero-order chi connectivity index (χ0) is 15.8. The Bertz CT molecular complexity index is 901. The van der Waals surface area contributed by atoms with Crippen LogP contribution in [-0.2, 0) is 0 Å². The van der Waals surface area contributed by atoms with E-state index in [0.717, 1.165) is 11.0 Å². The van der Waals surface area contributed by atoms with E-state index in [0.29, 0.717) is 18.7 Å². The molecule has 0 radical (unpaired) electrons. The van der Waals surface area contributed by atoms with Crippen molar-refractivity contribution in [2.45, 2.75) is 18.6 Å². The molecule has 1 aliphatic heterocycles. The second kappa shape index (κ2) is 5.55. The van der Waals surface area contributed by atoms with E-state index in [1.165, 1.54) is 6.07 Å². The second-order valence-electron chi connectivity index (χ2n) is 5.79. The van der Waals surface area contributed by atoms with Gasteiger partial charge in [-0.3, -0.25) is 9.88 Å². The summed E-state index contributed by atoms with van der Waals surface area (Å²) in [5.41, 5.74) is 2.10. The molecule has 2 unspecified atom stereocenters. The smallest absolute Gasteiger partial charge is 0.326 e. The largest absolute Gasteiger partial charge is 0.367 e. The SMILES string of the molecule is O=c1[nH]c2ccccc2n1C1CNC(Nc2ccccc2F)C1. The average molecular weight is 312 g/mol. The van der Waals surface area contributed by atoms with Crippen molar-refractivity contribution in [1.82, 2.24) is 14.9 Å². The van der Waals surface area contributed by atoms with Gasteiger partial charge in [-0.2, -0.15) is 0 Å². The molecule has 6 heteroatoms. The first-order valence-corrected chi connectivity index (χ1v) is 7.66. The lowest BCUT2D eigenvalue weighted by molar-refractivity contribution is 0.536. The molecule has 2 atom stereocenters. The molecule has 1 aromatic heterocycles. The predicted octanol–water partition coefficient (Wildman–Crippen LogP) is 2.44. The van der Waals surface area contributed by atoms with Gasteiger partial charge in [-0.15, -0.1) is 0 Å². The van der Waals surface area contributed by atoms with Gasteiger partial charge in [-0.1, -0.05) is 24.3 Å². The Morgan fingerprint density at radius 2 is 1.91 bits per heavy atom. The summed E-state index contributed by atoms with van der Waals surface area (Å²) in [4.78, 5) is 15.1. The summed E-state index contributed by atoms with van der Waals surface area (Å²) in [6, 6.07) is 14.3. The van der Waals surface area contributed by atoms with E-state index in [-0.39, 0.29) is 23.7 Å². The summed E-state index contributed by atoms with van der Waals surface area (Å²) >= 11 is 0.